The van der Waals surface area contributed by atoms with Gasteiger partial charge in [-0.05, 0) is 61.1 Å². The van der Waals surface area contributed by atoms with Crippen molar-refractivity contribution in [1.82, 2.24) is 4.90 Å². The van der Waals surface area contributed by atoms with Crippen molar-refractivity contribution in [3.05, 3.63) is 0 Å². The monoisotopic (exact) mass is 370 g/mol. The molecule has 0 aliphatic heterocycles. The lowest BCUT2D eigenvalue weighted by Crippen LogP contribution is -2.46. The van der Waals surface area contributed by atoms with Gasteiger partial charge in [-0.2, -0.15) is 4.90 Å². The molecule has 0 aliphatic rings. The minimum absolute atomic E-state index is 0.243. The Hall–Kier alpha value is -1.68. The van der Waals surface area contributed by atoms with Crippen LogP contribution in [0.2, 0.25) is 0 Å². The number of aliphatic imine (C=N–C) groups is 1. The number of amidine groups is 1. The first kappa shape index (κ1) is 23.3. The topological polar surface area (TPSA) is 68.2 Å². The SMILES string of the molecule is CC#CCCCN=C(SC)N(C(=O)OC(C)(C)C)C(=O)OC(C)(C)C. The second kappa shape index (κ2) is 10.3. The van der Waals surface area contributed by atoms with Gasteiger partial charge in [-0.25, -0.2) is 9.59 Å². The summed E-state index contributed by atoms with van der Waals surface area (Å²) in [5.74, 6) is 5.77. The van der Waals surface area contributed by atoms with E-state index in [-0.39, 0.29) is 5.17 Å². The van der Waals surface area contributed by atoms with Crippen LogP contribution in [0, 0.1) is 11.8 Å². The van der Waals surface area contributed by atoms with E-state index in [1.54, 1.807) is 54.7 Å². The predicted molar refractivity (Wildman–Crippen MR) is 103 cm³/mol. The summed E-state index contributed by atoms with van der Waals surface area (Å²) in [6.45, 7) is 12.6. The van der Waals surface area contributed by atoms with Crippen LogP contribution in [-0.4, -0.2) is 46.3 Å². The summed E-state index contributed by atoms with van der Waals surface area (Å²) >= 11 is 1.19. The van der Waals surface area contributed by atoms with E-state index in [0.29, 0.717) is 13.0 Å². The fraction of sp³-hybridized carbons (Fsp3) is 0.722. The van der Waals surface area contributed by atoms with Gasteiger partial charge in [0, 0.05) is 13.0 Å². The highest BCUT2D eigenvalue weighted by Gasteiger charge is 2.34. The Balaban J connectivity index is 5.42. The van der Waals surface area contributed by atoms with Gasteiger partial charge >= 0.3 is 12.2 Å². The van der Waals surface area contributed by atoms with E-state index in [0.717, 1.165) is 11.3 Å². The van der Waals surface area contributed by atoms with Crippen molar-refractivity contribution in [1.29, 1.82) is 0 Å². The molecule has 0 heterocycles. The summed E-state index contributed by atoms with van der Waals surface area (Å²) in [6, 6.07) is 0. The van der Waals surface area contributed by atoms with Gasteiger partial charge in [0.25, 0.3) is 0 Å². The molecule has 142 valence electrons. The highest BCUT2D eigenvalue weighted by Crippen LogP contribution is 2.18. The van der Waals surface area contributed by atoms with Gasteiger partial charge < -0.3 is 9.47 Å². The molecule has 0 aromatic heterocycles. The first-order valence-electron chi connectivity index (χ1n) is 8.15. The van der Waals surface area contributed by atoms with Crippen LogP contribution in [0.15, 0.2) is 4.99 Å². The van der Waals surface area contributed by atoms with E-state index in [4.69, 9.17) is 9.47 Å². The van der Waals surface area contributed by atoms with Crippen molar-refractivity contribution in [2.24, 2.45) is 4.99 Å². The number of nitrogens with zero attached hydrogens (tertiary/aromatic N) is 2. The molecular weight excluding hydrogens is 340 g/mol. The fourth-order valence-electron chi connectivity index (χ4n) is 1.54. The number of imide groups is 1. The molecule has 0 saturated carbocycles. The van der Waals surface area contributed by atoms with Crippen LogP contribution in [0.1, 0.15) is 61.3 Å². The number of rotatable bonds is 3. The molecule has 0 aromatic rings. The van der Waals surface area contributed by atoms with Gasteiger partial charge in [-0.3, -0.25) is 4.99 Å². The third-order valence-corrected chi connectivity index (χ3v) is 3.09. The molecule has 0 bridgehead atoms. The van der Waals surface area contributed by atoms with E-state index in [1.165, 1.54) is 11.8 Å². The largest absolute Gasteiger partial charge is 0.443 e. The standard InChI is InChI=1S/C18H30N2O4S/c1-9-10-11-12-13-19-14(25-8)20(15(21)23-17(2,3)4)16(22)24-18(5,6)7/h11-13H2,1-8H3. The number of thioether (sulfide) groups is 1. The molecule has 0 saturated heterocycles. The van der Waals surface area contributed by atoms with E-state index in [2.05, 4.69) is 16.8 Å². The summed E-state index contributed by atoms with van der Waals surface area (Å²) in [4.78, 5) is 30.2. The predicted octanol–water partition coefficient (Wildman–Crippen LogP) is 4.68. The maximum Gasteiger partial charge on any atom is 0.426 e. The van der Waals surface area contributed by atoms with Crippen molar-refractivity contribution >= 4 is 29.1 Å². The minimum Gasteiger partial charge on any atom is -0.443 e. The van der Waals surface area contributed by atoms with Crippen LogP contribution in [0.25, 0.3) is 0 Å². The molecule has 25 heavy (non-hydrogen) atoms. The summed E-state index contributed by atoms with van der Waals surface area (Å²) < 4.78 is 10.7. The second-order valence-corrected chi connectivity index (χ2v) is 7.97. The molecule has 6 nitrogen and oxygen atoms in total. The van der Waals surface area contributed by atoms with Gasteiger partial charge in [0.2, 0.25) is 0 Å². The van der Waals surface area contributed by atoms with Crippen LogP contribution in [0.3, 0.4) is 0 Å². The van der Waals surface area contributed by atoms with E-state index < -0.39 is 23.4 Å². The summed E-state index contributed by atoms with van der Waals surface area (Å²) in [5, 5.41) is 0.243. The number of unbranched alkanes of at least 4 members (excludes halogenated alkanes) is 1. The molecule has 2 amide bonds. The van der Waals surface area contributed by atoms with E-state index >= 15 is 0 Å². The number of carbonyl (C=O) groups is 2. The Morgan fingerprint density at radius 3 is 1.88 bits per heavy atom. The number of hydrogen-bond donors (Lipinski definition) is 0. The van der Waals surface area contributed by atoms with E-state index in [9.17, 15) is 9.59 Å². The third-order valence-electron chi connectivity index (χ3n) is 2.41. The van der Waals surface area contributed by atoms with Gasteiger partial charge in [0.15, 0.2) is 5.17 Å². The Morgan fingerprint density at radius 1 is 1.04 bits per heavy atom. The quantitative estimate of drug-likeness (QED) is 0.312. The number of amides is 2. The van der Waals surface area contributed by atoms with E-state index in [1.807, 2.05) is 0 Å². The molecule has 7 heteroatoms. The normalized spacial score (nSPS) is 12.1. The zero-order valence-corrected chi connectivity index (χ0v) is 17.4. The highest BCUT2D eigenvalue weighted by molar-refractivity contribution is 8.13. The summed E-state index contributed by atoms with van der Waals surface area (Å²) in [6.07, 6.45) is 1.58. The van der Waals surface area contributed by atoms with Crippen molar-refractivity contribution in [3.8, 4) is 11.8 Å². The highest BCUT2D eigenvalue weighted by atomic mass is 32.2. The lowest BCUT2D eigenvalue weighted by Gasteiger charge is -2.28. The van der Waals surface area contributed by atoms with Crippen LogP contribution >= 0.6 is 11.8 Å². The molecular formula is C18H30N2O4S. The molecule has 0 aromatic carbocycles. The van der Waals surface area contributed by atoms with Crippen molar-refractivity contribution < 1.29 is 19.1 Å². The lowest BCUT2D eigenvalue weighted by atomic mass is 10.2. The summed E-state index contributed by atoms with van der Waals surface area (Å²) in [5.41, 5.74) is -1.48. The molecule has 0 rings (SSSR count). The molecule has 0 unspecified atom stereocenters. The van der Waals surface area contributed by atoms with Gasteiger partial charge in [-0.15, -0.1) is 11.8 Å². The first-order chi connectivity index (χ1) is 11.4. The zero-order chi connectivity index (χ0) is 19.7. The summed E-state index contributed by atoms with van der Waals surface area (Å²) in [7, 11) is 0. The maximum atomic E-state index is 12.5. The van der Waals surface area contributed by atoms with Crippen molar-refractivity contribution in [3.63, 3.8) is 0 Å². The molecule has 0 aliphatic carbocycles. The second-order valence-electron chi connectivity index (χ2n) is 7.19. The number of carbonyl (C=O) groups excluding carboxylic acids is 2. The number of ether oxygens (including phenoxy) is 2. The Labute approximate surface area is 155 Å². The molecule has 0 spiro atoms. The Bertz CT molecular complexity index is 520. The zero-order valence-electron chi connectivity index (χ0n) is 16.6. The molecule has 0 radical (unpaired) electrons. The lowest BCUT2D eigenvalue weighted by molar-refractivity contribution is 0.0152. The van der Waals surface area contributed by atoms with Crippen molar-refractivity contribution in [2.45, 2.75) is 72.5 Å². The molecule has 0 atom stereocenters. The smallest absolute Gasteiger partial charge is 0.426 e. The molecule has 0 N–H and O–H groups in total. The minimum atomic E-state index is -0.803. The fourth-order valence-corrected chi connectivity index (χ4v) is 2.09. The van der Waals surface area contributed by atoms with Crippen LogP contribution < -0.4 is 0 Å². The van der Waals surface area contributed by atoms with Crippen LogP contribution in [0.5, 0.6) is 0 Å². The Kier molecular flexibility index (Phi) is 9.65. The van der Waals surface area contributed by atoms with Gasteiger partial charge in [0.1, 0.15) is 11.2 Å². The van der Waals surface area contributed by atoms with Gasteiger partial charge in [-0.1, -0.05) is 11.8 Å². The van der Waals surface area contributed by atoms with Crippen LogP contribution in [-0.2, 0) is 9.47 Å². The Morgan fingerprint density at radius 2 is 1.52 bits per heavy atom. The first-order valence-corrected chi connectivity index (χ1v) is 9.38. The average molecular weight is 371 g/mol. The van der Waals surface area contributed by atoms with Crippen LogP contribution in [0.4, 0.5) is 9.59 Å². The third kappa shape index (κ3) is 10.7. The molecule has 0 fully saturated rings. The maximum absolute atomic E-state index is 12.5. The average Bonchev–Trinajstić information content (AvgIpc) is 2.41. The van der Waals surface area contributed by atoms with Crippen molar-refractivity contribution in [2.75, 3.05) is 12.8 Å². The number of hydrogen-bond acceptors (Lipinski definition) is 6. The van der Waals surface area contributed by atoms with Gasteiger partial charge in [0.05, 0.1) is 0 Å².